The summed E-state index contributed by atoms with van der Waals surface area (Å²) in [5, 5.41) is 1.09. The molecule has 0 aliphatic rings. The fourth-order valence-electron chi connectivity index (χ4n) is 3.39. The number of carbonyl (C=O) groups is 1. The van der Waals surface area contributed by atoms with Crippen molar-refractivity contribution in [3.63, 3.8) is 0 Å². The number of rotatable bonds is 5. The Morgan fingerprint density at radius 1 is 1.09 bits per heavy atom. The standard InChI is InChI=1S/C23H19ClN4O3S/c1-15-9-11-25-13-18(15)23(29)28(20-4-3-10-26-22(20)32(2,30)31)14-16-5-6-17-7-8-21(24)27-19(17)12-16/h3-13H,14H2,1-2H3. The largest absolute Gasteiger partial charge is 0.301 e. The first-order chi connectivity index (χ1) is 15.2. The number of nitrogens with zero attached hydrogens (tertiary/aromatic N) is 4. The van der Waals surface area contributed by atoms with Crippen LogP contribution in [0.25, 0.3) is 10.9 Å². The number of fused-ring (bicyclic) bond motifs is 1. The molecule has 0 radical (unpaired) electrons. The lowest BCUT2D eigenvalue weighted by Gasteiger charge is -2.25. The van der Waals surface area contributed by atoms with Gasteiger partial charge in [0.05, 0.1) is 23.3 Å². The van der Waals surface area contributed by atoms with Crippen LogP contribution in [0.1, 0.15) is 21.5 Å². The van der Waals surface area contributed by atoms with E-state index in [1.54, 1.807) is 37.4 Å². The highest BCUT2D eigenvalue weighted by molar-refractivity contribution is 7.90. The smallest absolute Gasteiger partial charge is 0.260 e. The number of sulfone groups is 1. The molecular weight excluding hydrogens is 448 g/mol. The molecule has 3 heterocycles. The maximum atomic E-state index is 13.6. The molecule has 7 nitrogen and oxygen atoms in total. The summed E-state index contributed by atoms with van der Waals surface area (Å²) in [5.74, 6) is -0.382. The molecule has 4 rings (SSSR count). The van der Waals surface area contributed by atoms with E-state index in [4.69, 9.17) is 11.6 Å². The summed E-state index contributed by atoms with van der Waals surface area (Å²) in [4.78, 5) is 27.4. The fraction of sp³-hybridized carbons (Fsp3) is 0.130. The number of aromatic nitrogens is 3. The minimum atomic E-state index is -3.69. The Hall–Kier alpha value is -3.36. The molecule has 0 aliphatic carbocycles. The van der Waals surface area contributed by atoms with Crippen molar-refractivity contribution in [2.45, 2.75) is 18.5 Å². The Morgan fingerprint density at radius 3 is 2.62 bits per heavy atom. The molecule has 1 aromatic carbocycles. The van der Waals surface area contributed by atoms with E-state index < -0.39 is 9.84 Å². The van der Waals surface area contributed by atoms with Gasteiger partial charge in [-0.25, -0.2) is 18.4 Å². The highest BCUT2D eigenvalue weighted by Crippen LogP contribution is 2.28. The van der Waals surface area contributed by atoms with Crippen LogP contribution in [0.5, 0.6) is 0 Å². The first-order valence-corrected chi connectivity index (χ1v) is 11.9. The lowest BCUT2D eigenvalue weighted by molar-refractivity contribution is 0.0983. The number of benzene rings is 1. The molecule has 0 unspecified atom stereocenters. The SMILES string of the molecule is Cc1ccncc1C(=O)N(Cc1ccc2ccc(Cl)nc2c1)c1cccnc1S(C)(=O)=O. The zero-order valence-corrected chi connectivity index (χ0v) is 18.9. The molecular formula is C23H19ClN4O3S. The van der Waals surface area contributed by atoms with Crippen molar-refractivity contribution in [3.8, 4) is 0 Å². The number of carbonyl (C=O) groups excluding carboxylic acids is 1. The average molecular weight is 467 g/mol. The van der Waals surface area contributed by atoms with Crippen LogP contribution in [-0.4, -0.2) is 35.5 Å². The minimum absolute atomic E-state index is 0.103. The Kier molecular flexibility index (Phi) is 5.90. The number of hydrogen-bond acceptors (Lipinski definition) is 6. The fourth-order valence-corrected chi connectivity index (χ4v) is 4.36. The maximum Gasteiger partial charge on any atom is 0.260 e. The normalized spacial score (nSPS) is 11.5. The van der Waals surface area contributed by atoms with Crippen molar-refractivity contribution >= 4 is 43.9 Å². The number of aryl methyl sites for hydroxylation is 1. The van der Waals surface area contributed by atoms with E-state index in [0.717, 1.165) is 22.8 Å². The van der Waals surface area contributed by atoms with Crippen molar-refractivity contribution in [1.82, 2.24) is 15.0 Å². The van der Waals surface area contributed by atoms with Crippen LogP contribution < -0.4 is 4.90 Å². The predicted octanol–water partition coefficient (Wildman–Crippen LogP) is 4.24. The van der Waals surface area contributed by atoms with Gasteiger partial charge in [-0.1, -0.05) is 23.7 Å². The Bertz CT molecular complexity index is 1440. The van der Waals surface area contributed by atoms with Gasteiger partial charge in [-0.15, -0.1) is 0 Å². The van der Waals surface area contributed by atoms with E-state index in [9.17, 15) is 13.2 Å². The van der Waals surface area contributed by atoms with Gasteiger partial charge in [0.25, 0.3) is 5.91 Å². The Balaban J connectivity index is 1.85. The quantitative estimate of drug-likeness (QED) is 0.408. The highest BCUT2D eigenvalue weighted by atomic mass is 35.5. The molecule has 1 amide bonds. The van der Waals surface area contributed by atoms with Crippen LogP contribution >= 0.6 is 11.6 Å². The summed E-state index contributed by atoms with van der Waals surface area (Å²) in [5.41, 5.74) is 2.73. The summed E-state index contributed by atoms with van der Waals surface area (Å²) in [7, 11) is -3.69. The summed E-state index contributed by atoms with van der Waals surface area (Å²) in [6.45, 7) is 1.90. The van der Waals surface area contributed by atoms with Crippen LogP contribution in [0.15, 0.2) is 72.1 Å². The molecule has 3 aromatic heterocycles. The first kappa shape index (κ1) is 21.9. The zero-order chi connectivity index (χ0) is 22.9. The summed E-state index contributed by atoms with van der Waals surface area (Å²) < 4.78 is 24.8. The first-order valence-electron chi connectivity index (χ1n) is 9.67. The molecule has 162 valence electrons. The zero-order valence-electron chi connectivity index (χ0n) is 17.4. The van der Waals surface area contributed by atoms with Crippen molar-refractivity contribution < 1.29 is 13.2 Å². The third kappa shape index (κ3) is 4.46. The van der Waals surface area contributed by atoms with Crippen LogP contribution in [-0.2, 0) is 16.4 Å². The highest BCUT2D eigenvalue weighted by Gasteiger charge is 2.26. The minimum Gasteiger partial charge on any atom is -0.301 e. The van der Waals surface area contributed by atoms with Gasteiger partial charge in [-0.2, -0.15) is 0 Å². The molecule has 0 atom stereocenters. The van der Waals surface area contributed by atoms with E-state index >= 15 is 0 Å². The van der Waals surface area contributed by atoms with Gasteiger partial charge >= 0.3 is 0 Å². The molecule has 0 fully saturated rings. The van der Waals surface area contributed by atoms with Crippen molar-refractivity contribution in [2.75, 3.05) is 11.2 Å². The van der Waals surface area contributed by atoms with Gasteiger partial charge in [0.2, 0.25) is 0 Å². The van der Waals surface area contributed by atoms with Gasteiger partial charge in [0, 0.05) is 30.2 Å². The number of hydrogen-bond donors (Lipinski definition) is 0. The second-order valence-electron chi connectivity index (χ2n) is 7.34. The van der Waals surface area contributed by atoms with Crippen LogP contribution in [0, 0.1) is 6.92 Å². The van der Waals surface area contributed by atoms with E-state index in [1.807, 2.05) is 24.3 Å². The van der Waals surface area contributed by atoms with Crippen LogP contribution in [0.2, 0.25) is 5.15 Å². The van der Waals surface area contributed by atoms with Crippen molar-refractivity contribution in [2.24, 2.45) is 0 Å². The van der Waals surface area contributed by atoms with Crippen molar-refractivity contribution in [1.29, 1.82) is 0 Å². The number of pyridine rings is 3. The molecule has 0 saturated carbocycles. The lowest BCUT2D eigenvalue weighted by atomic mass is 10.1. The lowest BCUT2D eigenvalue weighted by Crippen LogP contribution is -2.32. The third-order valence-electron chi connectivity index (χ3n) is 4.97. The summed E-state index contributed by atoms with van der Waals surface area (Å²) in [6.07, 6.45) is 5.53. The summed E-state index contributed by atoms with van der Waals surface area (Å²) in [6, 6.07) is 14.0. The topological polar surface area (TPSA) is 93.1 Å². The number of anilines is 1. The molecule has 0 aliphatic heterocycles. The van der Waals surface area contributed by atoms with Gasteiger partial charge in [0.1, 0.15) is 5.15 Å². The Labute approximate surface area is 190 Å². The number of halogens is 1. The second-order valence-corrected chi connectivity index (χ2v) is 9.66. The third-order valence-corrected chi connectivity index (χ3v) is 6.20. The van der Waals surface area contributed by atoms with E-state index in [-0.39, 0.29) is 23.2 Å². The van der Waals surface area contributed by atoms with Gasteiger partial charge in [-0.05, 0) is 54.4 Å². The Morgan fingerprint density at radius 2 is 1.88 bits per heavy atom. The molecule has 4 aromatic rings. The van der Waals surface area contributed by atoms with Gasteiger partial charge < -0.3 is 4.90 Å². The molecule has 9 heteroatoms. The molecule has 0 bridgehead atoms. The predicted molar refractivity (Wildman–Crippen MR) is 124 cm³/mol. The van der Waals surface area contributed by atoms with Crippen LogP contribution in [0.3, 0.4) is 0 Å². The summed E-state index contributed by atoms with van der Waals surface area (Å²) >= 11 is 6.03. The maximum absolute atomic E-state index is 13.6. The van der Waals surface area contributed by atoms with Gasteiger partial charge in [-0.3, -0.25) is 9.78 Å². The molecule has 0 N–H and O–H groups in total. The second kappa shape index (κ2) is 8.64. The number of amides is 1. The van der Waals surface area contributed by atoms with E-state index in [1.165, 1.54) is 17.3 Å². The van der Waals surface area contributed by atoms with E-state index in [0.29, 0.717) is 16.2 Å². The van der Waals surface area contributed by atoms with Gasteiger partial charge in [0.15, 0.2) is 14.9 Å². The van der Waals surface area contributed by atoms with Crippen molar-refractivity contribution in [3.05, 3.63) is 89.0 Å². The average Bonchev–Trinajstić information content (AvgIpc) is 2.76. The molecule has 0 spiro atoms. The van der Waals surface area contributed by atoms with E-state index in [2.05, 4.69) is 15.0 Å². The molecule has 32 heavy (non-hydrogen) atoms. The van der Waals surface area contributed by atoms with Crippen LogP contribution in [0.4, 0.5) is 5.69 Å². The monoisotopic (exact) mass is 466 g/mol. The molecule has 0 saturated heterocycles.